The maximum atomic E-state index is 9.36. The van der Waals surface area contributed by atoms with Crippen LogP contribution in [0.15, 0.2) is 28.7 Å². The van der Waals surface area contributed by atoms with E-state index in [2.05, 4.69) is 40.9 Å². The summed E-state index contributed by atoms with van der Waals surface area (Å²) in [6.45, 7) is 5.39. The fourth-order valence-corrected chi connectivity index (χ4v) is 2.45. The van der Waals surface area contributed by atoms with Crippen molar-refractivity contribution in [1.82, 2.24) is 9.78 Å². The van der Waals surface area contributed by atoms with Gasteiger partial charge in [0.1, 0.15) is 12.4 Å². The Hall–Kier alpha value is -1.33. The minimum atomic E-state index is -0.0397. The second-order valence-electron chi connectivity index (χ2n) is 4.50. The van der Waals surface area contributed by atoms with Gasteiger partial charge in [0, 0.05) is 16.6 Å². The van der Waals surface area contributed by atoms with Crippen LogP contribution in [0.3, 0.4) is 0 Å². The van der Waals surface area contributed by atoms with Crippen molar-refractivity contribution in [2.24, 2.45) is 0 Å². The summed E-state index contributed by atoms with van der Waals surface area (Å²) in [7, 11) is 0. The first-order valence-electron chi connectivity index (χ1n) is 6.75. The van der Waals surface area contributed by atoms with Crippen LogP contribution in [-0.2, 0) is 26.2 Å². The summed E-state index contributed by atoms with van der Waals surface area (Å²) in [6.07, 6.45) is 0.917. The molecule has 0 spiro atoms. The van der Waals surface area contributed by atoms with Crippen LogP contribution in [0.25, 0.3) is 0 Å². The van der Waals surface area contributed by atoms with Crippen molar-refractivity contribution >= 4 is 15.9 Å². The summed E-state index contributed by atoms with van der Waals surface area (Å²) in [6, 6.07) is 7.71. The molecule has 0 saturated carbocycles. The summed E-state index contributed by atoms with van der Waals surface area (Å²) in [5.41, 5.74) is 2.90. The van der Waals surface area contributed by atoms with Crippen LogP contribution in [0.1, 0.15) is 30.8 Å². The molecule has 1 heterocycles. The van der Waals surface area contributed by atoms with Gasteiger partial charge in [-0.05, 0) is 37.6 Å². The molecule has 0 fully saturated rings. The van der Waals surface area contributed by atoms with Crippen LogP contribution < -0.4 is 4.74 Å². The van der Waals surface area contributed by atoms with Crippen molar-refractivity contribution in [3.05, 3.63) is 45.7 Å². The normalized spacial score (nSPS) is 10.8. The van der Waals surface area contributed by atoms with Crippen molar-refractivity contribution < 1.29 is 9.84 Å². The van der Waals surface area contributed by atoms with Crippen molar-refractivity contribution in [2.45, 2.75) is 40.0 Å². The van der Waals surface area contributed by atoms with Gasteiger partial charge in [-0.1, -0.05) is 22.9 Å². The Morgan fingerprint density at radius 1 is 1.30 bits per heavy atom. The fourth-order valence-electron chi connectivity index (χ4n) is 2.04. The molecule has 1 N–H and O–H groups in total. The third-order valence-corrected chi connectivity index (χ3v) is 3.64. The Morgan fingerprint density at radius 2 is 2.10 bits per heavy atom. The molecule has 20 heavy (non-hydrogen) atoms. The van der Waals surface area contributed by atoms with E-state index in [0.29, 0.717) is 12.4 Å². The van der Waals surface area contributed by atoms with E-state index in [1.165, 1.54) is 0 Å². The lowest BCUT2D eigenvalue weighted by Crippen LogP contribution is -2.07. The van der Waals surface area contributed by atoms with E-state index >= 15 is 0 Å². The van der Waals surface area contributed by atoms with Gasteiger partial charge in [-0.25, -0.2) is 0 Å². The van der Waals surface area contributed by atoms with Crippen LogP contribution in [0.2, 0.25) is 0 Å². The number of rotatable bonds is 6. The van der Waals surface area contributed by atoms with Crippen LogP contribution in [0.5, 0.6) is 5.75 Å². The molecule has 0 unspecified atom stereocenters. The Morgan fingerprint density at radius 3 is 2.75 bits per heavy atom. The number of ether oxygens (including phenoxy) is 1. The molecule has 0 saturated heterocycles. The fraction of sp³-hybridized carbons (Fsp3) is 0.400. The van der Waals surface area contributed by atoms with E-state index < -0.39 is 0 Å². The summed E-state index contributed by atoms with van der Waals surface area (Å²) < 4.78 is 8.71. The second-order valence-corrected chi connectivity index (χ2v) is 5.41. The lowest BCUT2D eigenvalue weighted by molar-refractivity contribution is 0.254. The van der Waals surface area contributed by atoms with E-state index in [4.69, 9.17) is 4.74 Å². The number of hydrogen-bond donors (Lipinski definition) is 1. The molecule has 0 amide bonds. The Kier molecular flexibility index (Phi) is 5.20. The molecule has 4 nitrogen and oxygen atoms in total. The van der Waals surface area contributed by atoms with Crippen LogP contribution in [-0.4, -0.2) is 14.9 Å². The number of benzene rings is 1. The zero-order valence-electron chi connectivity index (χ0n) is 11.8. The molecule has 0 bridgehead atoms. The van der Waals surface area contributed by atoms with Gasteiger partial charge in [0.2, 0.25) is 0 Å². The Labute approximate surface area is 127 Å². The smallest absolute Gasteiger partial charge is 0.130 e. The van der Waals surface area contributed by atoms with Gasteiger partial charge < -0.3 is 9.84 Å². The second kappa shape index (κ2) is 6.90. The van der Waals surface area contributed by atoms with Crippen LogP contribution >= 0.6 is 15.9 Å². The monoisotopic (exact) mass is 338 g/mol. The first-order chi connectivity index (χ1) is 9.67. The molecule has 0 aliphatic heterocycles. The molecular formula is C15H19BrN2O2. The highest BCUT2D eigenvalue weighted by molar-refractivity contribution is 9.10. The molecule has 0 aliphatic carbocycles. The van der Waals surface area contributed by atoms with Gasteiger partial charge in [0.25, 0.3) is 0 Å². The first kappa shape index (κ1) is 15.1. The first-order valence-corrected chi connectivity index (χ1v) is 7.54. The van der Waals surface area contributed by atoms with E-state index in [-0.39, 0.29) is 6.61 Å². The van der Waals surface area contributed by atoms with Crippen molar-refractivity contribution in [3.63, 3.8) is 0 Å². The van der Waals surface area contributed by atoms with Gasteiger partial charge in [-0.3, -0.25) is 4.68 Å². The van der Waals surface area contributed by atoms with Gasteiger partial charge in [0.15, 0.2) is 0 Å². The lowest BCUT2D eigenvalue weighted by atomic mass is 10.2. The average molecular weight is 339 g/mol. The molecule has 2 aromatic rings. The quantitative estimate of drug-likeness (QED) is 0.878. The van der Waals surface area contributed by atoms with Gasteiger partial charge >= 0.3 is 0 Å². The highest BCUT2D eigenvalue weighted by Crippen LogP contribution is 2.24. The van der Waals surface area contributed by atoms with E-state index in [9.17, 15) is 5.11 Å². The largest absolute Gasteiger partial charge is 0.487 e. The minimum Gasteiger partial charge on any atom is -0.487 e. The van der Waals surface area contributed by atoms with E-state index in [0.717, 1.165) is 34.4 Å². The van der Waals surface area contributed by atoms with E-state index in [1.807, 2.05) is 22.9 Å². The van der Waals surface area contributed by atoms with Crippen molar-refractivity contribution in [3.8, 4) is 5.75 Å². The van der Waals surface area contributed by atoms with Crippen LogP contribution in [0, 0.1) is 0 Å². The molecule has 108 valence electrons. The molecular weight excluding hydrogens is 320 g/mol. The summed E-state index contributed by atoms with van der Waals surface area (Å²) in [5, 5.41) is 13.9. The molecule has 1 aromatic carbocycles. The Bertz CT molecular complexity index is 581. The summed E-state index contributed by atoms with van der Waals surface area (Å²) >= 11 is 3.39. The summed E-state index contributed by atoms with van der Waals surface area (Å²) in [4.78, 5) is 0. The molecule has 0 atom stereocenters. The maximum Gasteiger partial charge on any atom is 0.130 e. The van der Waals surface area contributed by atoms with Gasteiger partial charge in [-0.15, -0.1) is 0 Å². The number of nitrogens with zero attached hydrogens (tertiary/aromatic N) is 2. The zero-order valence-corrected chi connectivity index (χ0v) is 13.4. The van der Waals surface area contributed by atoms with Crippen molar-refractivity contribution in [2.75, 3.05) is 0 Å². The number of hydrogen-bond acceptors (Lipinski definition) is 3. The minimum absolute atomic E-state index is 0.0397. The number of aliphatic hydroxyl groups excluding tert-OH is 1. The third-order valence-electron chi connectivity index (χ3n) is 3.14. The molecule has 5 heteroatoms. The topological polar surface area (TPSA) is 47.3 Å². The van der Waals surface area contributed by atoms with E-state index in [1.54, 1.807) is 0 Å². The molecule has 0 radical (unpaired) electrons. The number of halogens is 1. The average Bonchev–Trinajstić information content (AvgIpc) is 2.88. The number of aromatic nitrogens is 2. The highest BCUT2D eigenvalue weighted by atomic mass is 79.9. The lowest BCUT2D eigenvalue weighted by Gasteiger charge is -2.11. The van der Waals surface area contributed by atoms with Gasteiger partial charge in [-0.2, -0.15) is 5.10 Å². The predicted octanol–water partition coefficient (Wildman–Crippen LogP) is 3.30. The molecule has 2 rings (SSSR count). The maximum absolute atomic E-state index is 9.36. The SMILES string of the molecule is CCc1cc(COc2ccc(Br)cc2CO)n(CC)n1. The standard InChI is InChI=1S/C15H19BrN2O2/c1-3-13-8-14(18(4-2)17-13)10-20-15-6-5-12(16)7-11(15)9-19/h5-8,19H,3-4,9-10H2,1-2H3. The molecule has 1 aromatic heterocycles. The Balaban J connectivity index is 2.14. The zero-order chi connectivity index (χ0) is 14.5. The third kappa shape index (κ3) is 3.41. The van der Waals surface area contributed by atoms with Crippen molar-refractivity contribution in [1.29, 1.82) is 0 Å². The highest BCUT2D eigenvalue weighted by Gasteiger charge is 2.08. The predicted molar refractivity (Wildman–Crippen MR) is 81.7 cm³/mol. The number of aliphatic hydroxyl groups is 1. The number of aryl methyl sites for hydroxylation is 2. The molecule has 0 aliphatic rings. The summed E-state index contributed by atoms with van der Waals surface area (Å²) in [5.74, 6) is 0.706. The van der Waals surface area contributed by atoms with Crippen LogP contribution in [0.4, 0.5) is 0 Å². The van der Waals surface area contributed by atoms with Gasteiger partial charge in [0.05, 0.1) is 18.0 Å².